The predicted octanol–water partition coefficient (Wildman–Crippen LogP) is 7.60. The molecule has 0 spiro atoms. The standard InChI is InChI=1S/C24H6BF15.2C5H5.Zr/c1-3-5-6(4-2)25(7-10(26)16(32)22(38)17(33)11(7)27,8-12(28)18(34)23(39)19(35)13(8)29)9-14(30)20(36)24(40)21(37)15(9)31;2*1-2-4-5-3-1;/h1-2H3;2*1-5H;/q-2;;;+2. The molecule has 2 fully saturated rings. The summed E-state index contributed by atoms with van der Waals surface area (Å²) < 4.78 is 220. The Morgan fingerprint density at radius 2 is 0.569 bits per heavy atom. The molecule has 3 aromatic carbocycles. The summed E-state index contributed by atoms with van der Waals surface area (Å²) >= 11 is 0. The third-order valence-corrected chi connectivity index (χ3v) is 7.10. The van der Waals surface area contributed by atoms with E-state index in [0.717, 1.165) is 6.92 Å². The van der Waals surface area contributed by atoms with Crippen molar-refractivity contribution >= 4 is 22.5 Å². The van der Waals surface area contributed by atoms with Gasteiger partial charge in [-0.1, -0.05) is 0 Å². The number of benzene rings is 3. The molecule has 17 heteroatoms. The number of rotatable bonds is 4. The van der Waals surface area contributed by atoms with Crippen molar-refractivity contribution in [3.8, 4) is 11.8 Å². The molecule has 0 aliphatic heterocycles. The molecule has 0 aromatic heterocycles. The zero-order valence-corrected chi connectivity index (χ0v) is 28.0. The van der Waals surface area contributed by atoms with E-state index in [1.807, 2.05) is 70.1 Å². The van der Waals surface area contributed by atoms with Gasteiger partial charge in [0.05, 0.1) is 0 Å². The maximum atomic E-state index is 15.3. The van der Waals surface area contributed by atoms with E-state index >= 15 is 26.3 Å². The summed E-state index contributed by atoms with van der Waals surface area (Å²) in [6.45, 7) is 1.34. The predicted molar refractivity (Wildman–Crippen MR) is 152 cm³/mol. The Morgan fingerprint density at radius 3 is 0.725 bits per heavy atom. The van der Waals surface area contributed by atoms with Crippen LogP contribution in [0.2, 0.25) is 0 Å². The first-order valence-corrected chi connectivity index (χ1v) is 13.6. The van der Waals surface area contributed by atoms with Crippen LogP contribution >= 0.6 is 0 Å². The van der Waals surface area contributed by atoms with Gasteiger partial charge in [-0.3, -0.25) is 0 Å². The molecule has 0 saturated heterocycles. The first kappa shape index (κ1) is 44.0. The molecule has 264 valence electrons. The molecule has 0 amide bonds. The minimum absolute atomic E-state index is 0. The summed E-state index contributed by atoms with van der Waals surface area (Å²) in [6.07, 6.45) is 15.9. The molecule has 0 N–H and O–H groups in total. The van der Waals surface area contributed by atoms with E-state index in [1.165, 1.54) is 0 Å². The summed E-state index contributed by atoms with van der Waals surface area (Å²) in [7, 11) is 0. The van der Waals surface area contributed by atoms with Crippen LogP contribution < -0.4 is 16.4 Å². The van der Waals surface area contributed by atoms with Crippen molar-refractivity contribution < 1.29 is 92.1 Å². The van der Waals surface area contributed by atoms with Gasteiger partial charge in [-0.25, -0.2) is 71.8 Å². The van der Waals surface area contributed by atoms with Crippen molar-refractivity contribution in [3.63, 3.8) is 0 Å². The van der Waals surface area contributed by atoms with Crippen LogP contribution in [0.15, 0.2) is 5.47 Å². The van der Waals surface area contributed by atoms with Crippen LogP contribution in [0, 0.1) is 169 Å². The maximum Gasteiger partial charge on any atom is 2.00 e. The normalized spacial score (nSPS) is 14.2. The average molecular weight is 812 g/mol. The van der Waals surface area contributed by atoms with Crippen LogP contribution in [0.3, 0.4) is 0 Å². The Bertz CT molecular complexity index is 1580. The van der Waals surface area contributed by atoms with Crippen molar-refractivity contribution in [3.05, 3.63) is 163 Å². The molecular weight excluding hydrogens is 795 g/mol. The van der Waals surface area contributed by atoms with Gasteiger partial charge >= 0.3 is 26.2 Å². The Morgan fingerprint density at radius 1 is 0.392 bits per heavy atom. The number of halogens is 15. The fraction of sp³-hybridized carbons (Fsp3) is 0.0588. The third-order valence-electron chi connectivity index (χ3n) is 7.10. The Labute approximate surface area is 302 Å². The molecular formula is C34H16BF15Zr. The van der Waals surface area contributed by atoms with E-state index in [0.29, 0.717) is 6.92 Å². The topological polar surface area (TPSA) is 0 Å². The number of hydrogen-bond acceptors (Lipinski definition) is 0. The van der Waals surface area contributed by atoms with Crippen molar-refractivity contribution in [1.29, 1.82) is 0 Å². The summed E-state index contributed by atoms with van der Waals surface area (Å²) in [4.78, 5) is 0. The maximum absolute atomic E-state index is 15.3. The minimum atomic E-state index is -5.86. The van der Waals surface area contributed by atoms with Crippen LogP contribution in [-0.2, 0) is 26.2 Å². The smallest absolute Gasteiger partial charge is 0.344 e. The van der Waals surface area contributed by atoms with Crippen LogP contribution in [0.25, 0.3) is 0 Å². The van der Waals surface area contributed by atoms with Gasteiger partial charge in [0, 0.05) is 0 Å². The van der Waals surface area contributed by atoms with Crippen LogP contribution in [0.5, 0.6) is 0 Å². The molecule has 0 atom stereocenters. The molecule has 0 unspecified atom stereocenters. The Hall–Kier alpha value is -3.14. The van der Waals surface area contributed by atoms with Gasteiger partial charge in [0.15, 0.2) is 52.4 Å². The van der Waals surface area contributed by atoms with E-state index in [2.05, 4.69) is 0 Å². The molecule has 2 saturated carbocycles. The summed E-state index contributed by atoms with van der Waals surface area (Å²) in [5, 5.41) is 0. The average Bonchev–Trinajstić information content (AvgIpc) is 3.89. The van der Waals surface area contributed by atoms with Gasteiger partial charge in [0.2, 0.25) is 0 Å². The molecule has 5 rings (SSSR count). The van der Waals surface area contributed by atoms with E-state index in [9.17, 15) is 39.5 Å². The second-order valence-electron chi connectivity index (χ2n) is 9.78. The van der Waals surface area contributed by atoms with E-state index in [1.54, 1.807) is 12.0 Å². The van der Waals surface area contributed by atoms with Gasteiger partial charge < -0.3 is 17.5 Å². The second kappa shape index (κ2) is 18.6. The molecule has 0 nitrogen and oxygen atoms in total. The molecule has 3 aromatic rings. The van der Waals surface area contributed by atoms with Gasteiger partial charge in [0.1, 0.15) is 41.0 Å². The monoisotopic (exact) mass is 810 g/mol. The van der Waals surface area contributed by atoms with Crippen molar-refractivity contribution in [2.24, 2.45) is 0 Å². The number of hydrogen-bond donors (Lipinski definition) is 0. The molecule has 2 aliphatic rings. The molecule has 10 radical (unpaired) electrons. The molecule has 0 bridgehead atoms. The SMILES string of the molecule is CC#CC(=[C-]C)[B-](c1c(F)c(F)c(F)c(F)c1F)(c1c(F)c(F)c(F)c(F)c1F)c1c(F)c(F)c(F)c(F)c1F.[CH]1[CH][CH][CH][CH]1.[CH]1[CH][CH][CH][CH]1.[Zr+2]. The van der Waals surface area contributed by atoms with E-state index in [-0.39, 0.29) is 26.2 Å². The zero-order valence-electron chi connectivity index (χ0n) is 25.5. The van der Waals surface area contributed by atoms with E-state index in [4.69, 9.17) is 0 Å². The van der Waals surface area contributed by atoms with Crippen LogP contribution in [0.4, 0.5) is 65.9 Å². The number of allylic oxidation sites excluding steroid dienone is 2. The first-order chi connectivity index (χ1) is 23.5. The van der Waals surface area contributed by atoms with Crippen molar-refractivity contribution in [2.75, 3.05) is 0 Å². The Kier molecular flexibility index (Phi) is 16.0. The van der Waals surface area contributed by atoms with Gasteiger partial charge in [-0.15, -0.1) is 23.3 Å². The van der Waals surface area contributed by atoms with Crippen molar-refractivity contribution in [1.82, 2.24) is 0 Å². The Balaban J connectivity index is 0.000000699. The van der Waals surface area contributed by atoms with Crippen LogP contribution in [0.1, 0.15) is 13.8 Å². The first-order valence-electron chi connectivity index (χ1n) is 13.6. The summed E-state index contributed by atoms with van der Waals surface area (Å²) in [5.41, 5.74) is -9.96. The van der Waals surface area contributed by atoms with Crippen LogP contribution in [-0.4, -0.2) is 6.15 Å². The molecule has 51 heavy (non-hydrogen) atoms. The minimum Gasteiger partial charge on any atom is -0.344 e. The van der Waals surface area contributed by atoms with Gasteiger partial charge in [-0.05, 0) is 71.1 Å². The van der Waals surface area contributed by atoms with Gasteiger partial charge in [0.25, 0.3) is 0 Å². The largest absolute Gasteiger partial charge is 2.00 e. The fourth-order valence-electron chi connectivity index (χ4n) is 5.04. The van der Waals surface area contributed by atoms with E-state index < -0.39 is 115 Å². The van der Waals surface area contributed by atoms with Crippen molar-refractivity contribution in [2.45, 2.75) is 13.8 Å². The fourth-order valence-corrected chi connectivity index (χ4v) is 5.04. The summed E-state index contributed by atoms with van der Waals surface area (Å²) in [6, 6.07) is 0. The molecule has 2 aliphatic carbocycles. The summed E-state index contributed by atoms with van der Waals surface area (Å²) in [5.74, 6) is -42.6. The van der Waals surface area contributed by atoms with Gasteiger partial charge in [-0.2, -0.15) is 0 Å². The third kappa shape index (κ3) is 8.11. The zero-order chi connectivity index (χ0) is 37.7. The molecule has 0 heterocycles. The second-order valence-corrected chi connectivity index (χ2v) is 9.78. The quantitative estimate of drug-likeness (QED) is 0.0637.